The predicted molar refractivity (Wildman–Crippen MR) is 56.3 cm³/mol. The van der Waals surface area contributed by atoms with Gasteiger partial charge in [0.2, 0.25) is 0 Å². The predicted octanol–water partition coefficient (Wildman–Crippen LogP) is 2.06. The molecular formula is C11H15NO2. The normalized spacial score (nSPS) is 9.93. The first-order valence-corrected chi connectivity index (χ1v) is 4.60. The smallest absolute Gasteiger partial charge is 0.338 e. The fourth-order valence-electron chi connectivity index (χ4n) is 1.22. The molecule has 2 N–H and O–H groups in total. The van der Waals surface area contributed by atoms with Crippen molar-refractivity contribution in [3.05, 3.63) is 28.8 Å². The molecule has 3 heteroatoms. The molecule has 0 spiro atoms. The number of anilines is 1. The highest BCUT2D eigenvalue weighted by atomic mass is 16.5. The van der Waals surface area contributed by atoms with Crippen molar-refractivity contribution in [2.75, 3.05) is 12.3 Å². The third kappa shape index (κ3) is 2.05. The average Bonchev–Trinajstić information content (AvgIpc) is 2.13. The number of hydrogen-bond acceptors (Lipinski definition) is 3. The van der Waals surface area contributed by atoms with Gasteiger partial charge in [-0.1, -0.05) is 0 Å². The molecule has 14 heavy (non-hydrogen) atoms. The van der Waals surface area contributed by atoms with E-state index < -0.39 is 0 Å². The van der Waals surface area contributed by atoms with Gasteiger partial charge in [0.05, 0.1) is 12.2 Å². The Morgan fingerprint density at radius 2 is 2.07 bits per heavy atom. The van der Waals surface area contributed by atoms with Crippen LogP contribution < -0.4 is 5.73 Å². The summed E-state index contributed by atoms with van der Waals surface area (Å²) in [4.78, 5) is 11.4. The topological polar surface area (TPSA) is 52.3 Å². The number of carbonyl (C=O) groups is 1. The van der Waals surface area contributed by atoms with Crippen molar-refractivity contribution in [3.8, 4) is 0 Å². The number of nitrogen functional groups attached to an aromatic ring is 1. The van der Waals surface area contributed by atoms with E-state index in [1.54, 1.807) is 19.1 Å². The van der Waals surface area contributed by atoms with Crippen molar-refractivity contribution in [1.82, 2.24) is 0 Å². The van der Waals surface area contributed by atoms with Gasteiger partial charge < -0.3 is 10.5 Å². The minimum Gasteiger partial charge on any atom is -0.462 e. The Balaban J connectivity index is 3.06. The molecule has 1 aromatic carbocycles. The second kappa shape index (κ2) is 4.13. The zero-order valence-corrected chi connectivity index (χ0v) is 8.76. The van der Waals surface area contributed by atoms with Gasteiger partial charge in [-0.05, 0) is 44.0 Å². The highest BCUT2D eigenvalue weighted by molar-refractivity contribution is 5.91. The second-order valence-corrected chi connectivity index (χ2v) is 3.23. The minimum absolute atomic E-state index is 0.317. The van der Waals surface area contributed by atoms with Crippen LogP contribution in [0.4, 0.5) is 5.69 Å². The summed E-state index contributed by atoms with van der Waals surface area (Å²) in [5.74, 6) is -0.317. The summed E-state index contributed by atoms with van der Waals surface area (Å²) in [6.45, 7) is 6.02. The Morgan fingerprint density at radius 1 is 1.43 bits per heavy atom. The molecule has 0 amide bonds. The van der Waals surface area contributed by atoms with Crippen LogP contribution in [0.25, 0.3) is 0 Å². The molecule has 1 aromatic rings. The van der Waals surface area contributed by atoms with Crippen LogP contribution in [-0.2, 0) is 4.74 Å². The summed E-state index contributed by atoms with van der Waals surface area (Å²) < 4.78 is 4.88. The number of benzene rings is 1. The Kier molecular flexibility index (Phi) is 3.12. The Morgan fingerprint density at radius 3 is 2.57 bits per heavy atom. The Bertz CT molecular complexity index is 335. The Hall–Kier alpha value is -1.51. The molecule has 0 aliphatic carbocycles. The van der Waals surface area contributed by atoms with Crippen molar-refractivity contribution in [2.24, 2.45) is 0 Å². The molecule has 0 aliphatic heterocycles. The molecule has 3 nitrogen and oxygen atoms in total. The summed E-state index contributed by atoms with van der Waals surface area (Å²) in [5.41, 5.74) is 8.92. The maximum absolute atomic E-state index is 11.4. The van der Waals surface area contributed by atoms with E-state index in [9.17, 15) is 4.79 Å². The van der Waals surface area contributed by atoms with Crippen LogP contribution in [0.5, 0.6) is 0 Å². The summed E-state index contributed by atoms with van der Waals surface area (Å²) in [7, 11) is 0. The van der Waals surface area contributed by atoms with E-state index in [0.717, 1.165) is 11.1 Å². The van der Waals surface area contributed by atoms with Gasteiger partial charge in [-0.3, -0.25) is 0 Å². The van der Waals surface area contributed by atoms with Crippen molar-refractivity contribution in [2.45, 2.75) is 20.8 Å². The zero-order chi connectivity index (χ0) is 10.7. The van der Waals surface area contributed by atoms with Crippen LogP contribution in [0.15, 0.2) is 12.1 Å². The van der Waals surface area contributed by atoms with Crippen LogP contribution >= 0.6 is 0 Å². The average molecular weight is 193 g/mol. The van der Waals surface area contributed by atoms with Gasteiger partial charge in [-0.25, -0.2) is 4.79 Å². The van der Waals surface area contributed by atoms with Crippen molar-refractivity contribution >= 4 is 11.7 Å². The minimum atomic E-state index is -0.317. The lowest BCUT2D eigenvalue weighted by molar-refractivity contribution is 0.0526. The Labute approximate surface area is 83.9 Å². The van der Waals surface area contributed by atoms with Gasteiger partial charge in [0.1, 0.15) is 0 Å². The van der Waals surface area contributed by atoms with E-state index in [0.29, 0.717) is 17.9 Å². The maximum Gasteiger partial charge on any atom is 0.338 e. The fraction of sp³-hybridized carbons (Fsp3) is 0.364. The summed E-state index contributed by atoms with van der Waals surface area (Å²) in [5, 5.41) is 0. The third-order valence-corrected chi connectivity index (χ3v) is 2.22. The first-order chi connectivity index (χ1) is 6.56. The summed E-state index contributed by atoms with van der Waals surface area (Å²) >= 11 is 0. The van der Waals surface area contributed by atoms with E-state index in [1.807, 2.05) is 13.8 Å². The van der Waals surface area contributed by atoms with Gasteiger partial charge in [-0.15, -0.1) is 0 Å². The van der Waals surface area contributed by atoms with Crippen LogP contribution in [0.2, 0.25) is 0 Å². The van der Waals surface area contributed by atoms with Crippen LogP contribution in [-0.4, -0.2) is 12.6 Å². The number of rotatable bonds is 2. The molecule has 0 aromatic heterocycles. The standard InChI is InChI=1S/C11H15NO2/c1-4-14-11(13)9-5-7(2)8(3)10(12)6-9/h5-6H,4,12H2,1-3H3. The second-order valence-electron chi connectivity index (χ2n) is 3.23. The number of nitrogens with two attached hydrogens (primary N) is 1. The summed E-state index contributed by atoms with van der Waals surface area (Å²) in [6.07, 6.45) is 0. The van der Waals surface area contributed by atoms with Crippen molar-refractivity contribution in [1.29, 1.82) is 0 Å². The van der Waals surface area contributed by atoms with Gasteiger partial charge in [0.15, 0.2) is 0 Å². The SMILES string of the molecule is CCOC(=O)c1cc(C)c(C)c(N)c1. The van der Waals surface area contributed by atoms with Gasteiger partial charge in [0.25, 0.3) is 0 Å². The third-order valence-electron chi connectivity index (χ3n) is 2.22. The van der Waals surface area contributed by atoms with E-state index in [-0.39, 0.29) is 5.97 Å². The molecule has 0 aliphatic rings. The summed E-state index contributed by atoms with van der Waals surface area (Å²) in [6, 6.07) is 3.45. The molecule has 0 bridgehead atoms. The van der Waals surface area contributed by atoms with E-state index in [4.69, 9.17) is 10.5 Å². The number of ether oxygens (including phenoxy) is 1. The van der Waals surface area contributed by atoms with Crippen molar-refractivity contribution < 1.29 is 9.53 Å². The van der Waals surface area contributed by atoms with Crippen LogP contribution in [0, 0.1) is 13.8 Å². The molecule has 0 saturated heterocycles. The number of esters is 1. The quantitative estimate of drug-likeness (QED) is 0.577. The van der Waals surface area contributed by atoms with Crippen LogP contribution in [0.1, 0.15) is 28.4 Å². The molecule has 0 radical (unpaired) electrons. The molecular weight excluding hydrogens is 178 g/mol. The van der Waals surface area contributed by atoms with Crippen molar-refractivity contribution in [3.63, 3.8) is 0 Å². The van der Waals surface area contributed by atoms with Gasteiger partial charge >= 0.3 is 5.97 Å². The molecule has 1 rings (SSSR count). The molecule has 0 heterocycles. The molecule has 0 fully saturated rings. The maximum atomic E-state index is 11.4. The lowest BCUT2D eigenvalue weighted by atomic mass is 10.0. The molecule has 0 unspecified atom stereocenters. The molecule has 0 saturated carbocycles. The number of aryl methyl sites for hydroxylation is 1. The van der Waals surface area contributed by atoms with E-state index in [2.05, 4.69) is 0 Å². The first kappa shape index (κ1) is 10.6. The van der Waals surface area contributed by atoms with E-state index >= 15 is 0 Å². The largest absolute Gasteiger partial charge is 0.462 e. The molecule has 0 atom stereocenters. The monoisotopic (exact) mass is 193 g/mol. The van der Waals surface area contributed by atoms with Gasteiger partial charge in [-0.2, -0.15) is 0 Å². The number of hydrogen-bond donors (Lipinski definition) is 1. The van der Waals surface area contributed by atoms with Gasteiger partial charge in [0, 0.05) is 5.69 Å². The lowest BCUT2D eigenvalue weighted by Crippen LogP contribution is -2.06. The highest BCUT2D eigenvalue weighted by Crippen LogP contribution is 2.18. The number of carbonyl (C=O) groups excluding carboxylic acids is 1. The lowest BCUT2D eigenvalue weighted by Gasteiger charge is -2.07. The fourth-order valence-corrected chi connectivity index (χ4v) is 1.22. The highest BCUT2D eigenvalue weighted by Gasteiger charge is 2.09. The first-order valence-electron chi connectivity index (χ1n) is 4.60. The van der Waals surface area contributed by atoms with E-state index in [1.165, 1.54) is 0 Å². The zero-order valence-electron chi connectivity index (χ0n) is 8.76. The molecule has 76 valence electrons. The van der Waals surface area contributed by atoms with Crippen LogP contribution in [0.3, 0.4) is 0 Å².